The van der Waals surface area contributed by atoms with Crippen molar-refractivity contribution in [2.75, 3.05) is 19.0 Å². The van der Waals surface area contributed by atoms with Gasteiger partial charge in [-0.05, 0) is 48.5 Å². The first-order valence-electron chi connectivity index (χ1n) is 8.90. The molecule has 0 atom stereocenters. The normalized spacial score (nSPS) is 10.5. The van der Waals surface area contributed by atoms with Gasteiger partial charge < -0.3 is 14.2 Å². The number of aromatic nitrogens is 1. The van der Waals surface area contributed by atoms with Crippen LogP contribution in [0, 0.1) is 0 Å². The molecule has 0 saturated heterocycles. The molecule has 0 aliphatic carbocycles. The highest BCUT2D eigenvalue weighted by Gasteiger charge is 2.10. The van der Waals surface area contributed by atoms with Gasteiger partial charge in [-0.3, -0.25) is 10.1 Å². The van der Waals surface area contributed by atoms with Crippen molar-refractivity contribution in [2.24, 2.45) is 0 Å². The molecule has 29 heavy (non-hydrogen) atoms. The third kappa shape index (κ3) is 4.83. The molecule has 0 bridgehead atoms. The Morgan fingerprint density at radius 1 is 0.931 bits per heavy atom. The van der Waals surface area contributed by atoms with E-state index in [1.807, 2.05) is 48.5 Å². The van der Waals surface area contributed by atoms with Crippen LogP contribution < -0.4 is 19.5 Å². The second kappa shape index (κ2) is 8.62. The fourth-order valence-corrected chi connectivity index (χ4v) is 3.53. The molecule has 146 valence electrons. The Bertz CT molecular complexity index is 1110. The van der Waals surface area contributed by atoms with Crippen LogP contribution in [0.3, 0.4) is 0 Å². The quantitative estimate of drug-likeness (QED) is 0.462. The lowest BCUT2D eigenvalue weighted by atomic mass is 10.3. The van der Waals surface area contributed by atoms with Crippen LogP contribution in [0.25, 0.3) is 10.2 Å². The predicted molar refractivity (Wildman–Crippen MR) is 113 cm³/mol. The Labute approximate surface area is 171 Å². The summed E-state index contributed by atoms with van der Waals surface area (Å²) in [6.45, 7) is -0.107. The second-order valence-electron chi connectivity index (χ2n) is 6.08. The number of methoxy groups -OCH3 is 1. The van der Waals surface area contributed by atoms with Gasteiger partial charge in [-0.2, -0.15) is 0 Å². The lowest BCUT2D eigenvalue weighted by Crippen LogP contribution is -2.19. The zero-order valence-corrected chi connectivity index (χ0v) is 16.4. The first-order chi connectivity index (χ1) is 14.2. The molecule has 1 heterocycles. The van der Waals surface area contributed by atoms with E-state index in [9.17, 15) is 4.79 Å². The summed E-state index contributed by atoms with van der Waals surface area (Å²) in [4.78, 5) is 16.6. The summed E-state index contributed by atoms with van der Waals surface area (Å²) in [6, 6.07) is 22.2. The Morgan fingerprint density at radius 3 is 2.41 bits per heavy atom. The fourth-order valence-electron chi connectivity index (χ4n) is 2.62. The number of carbonyl (C=O) groups is 1. The molecular formula is C22H18N2O4S. The number of para-hydroxylation sites is 1. The first kappa shape index (κ1) is 18.8. The van der Waals surface area contributed by atoms with E-state index < -0.39 is 0 Å². The van der Waals surface area contributed by atoms with Crippen LogP contribution in [0.1, 0.15) is 0 Å². The lowest BCUT2D eigenvalue weighted by Gasteiger charge is -2.06. The van der Waals surface area contributed by atoms with E-state index in [1.165, 1.54) is 11.3 Å². The Kier molecular flexibility index (Phi) is 5.58. The van der Waals surface area contributed by atoms with Crippen molar-refractivity contribution in [2.45, 2.75) is 0 Å². The largest absolute Gasteiger partial charge is 0.497 e. The van der Waals surface area contributed by atoms with Crippen molar-refractivity contribution < 1.29 is 19.0 Å². The number of nitrogens with zero attached hydrogens (tertiary/aromatic N) is 1. The van der Waals surface area contributed by atoms with Crippen molar-refractivity contribution >= 4 is 32.6 Å². The molecule has 0 spiro atoms. The SMILES string of the molecule is COc1ccc(OCC(=O)Nc2nc3ccc(Oc4ccccc4)cc3s2)cc1. The number of fused-ring (bicyclic) bond motifs is 1. The number of nitrogens with one attached hydrogen (secondary N) is 1. The molecule has 0 fully saturated rings. The van der Waals surface area contributed by atoms with E-state index in [4.69, 9.17) is 14.2 Å². The molecule has 7 heteroatoms. The van der Waals surface area contributed by atoms with E-state index in [2.05, 4.69) is 10.3 Å². The topological polar surface area (TPSA) is 69.7 Å². The Balaban J connectivity index is 1.37. The minimum atomic E-state index is -0.277. The van der Waals surface area contributed by atoms with Gasteiger partial charge in [0.25, 0.3) is 5.91 Å². The van der Waals surface area contributed by atoms with Gasteiger partial charge in [0.15, 0.2) is 11.7 Å². The number of benzene rings is 3. The molecule has 0 aliphatic rings. The Hall–Kier alpha value is -3.58. The highest BCUT2D eigenvalue weighted by atomic mass is 32.1. The molecule has 1 amide bonds. The van der Waals surface area contributed by atoms with Crippen LogP contribution >= 0.6 is 11.3 Å². The molecule has 0 radical (unpaired) electrons. The number of anilines is 1. The molecule has 4 rings (SSSR count). The molecule has 4 aromatic rings. The van der Waals surface area contributed by atoms with Crippen molar-refractivity contribution in [3.05, 3.63) is 72.8 Å². The summed E-state index contributed by atoms with van der Waals surface area (Å²) in [5, 5.41) is 3.29. The number of carbonyl (C=O) groups excluding carboxylic acids is 1. The smallest absolute Gasteiger partial charge is 0.264 e. The van der Waals surface area contributed by atoms with Crippen LogP contribution in [-0.4, -0.2) is 24.6 Å². The maximum Gasteiger partial charge on any atom is 0.264 e. The highest BCUT2D eigenvalue weighted by molar-refractivity contribution is 7.22. The predicted octanol–water partition coefficient (Wildman–Crippen LogP) is 5.11. The summed E-state index contributed by atoms with van der Waals surface area (Å²) in [5.41, 5.74) is 0.793. The van der Waals surface area contributed by atoms with Gasteiger partial charge in [0.2, 0.25) is 0 Å². The summed E-state index contributed by atoms with van der Waals surface area (Å²) in [7, 11) is 1.60. The number of hydrogen-bond donors (Lipinski definition) is 1. The average Bonchev–Trinajstić information content (AvgIpc) is 3.15. The minimum Gasteiger partial charge on any atom is -0.497 e. The number of amides is 1. The van der Waals surface area contributed by atoms with Gasteiger partial charge in [-0.15, -0.1) is 0 Å². The van der Waals surface area contributed by atoms with E-state index >= 15 is 0 Å². The molecule has 1 aromatic heterocycles. The molecule has 0 aliphatic heterocycles. The van der Waals surface area contributed by atoms with E-state index in [0.717, 1.165) is 21.7 Å². The monoisotopic (exact) mass is 406 g/mol. The third-order valence-electron chi connectivity index (χ3n) is 4.01. The standard InChI is InChI=1S/C22H18N2O4S/c1-26-15-7-9-16(10-8-15)27-14-21(25)24-22-23-19-12-11-18(13-20(19)29-22)28-17-5-3-2-4-6-17/h2-13H,14H2,1H3,(H,23,24,25). The van der Waals surface area contributed by atoms with Crippen LogP contribution in [0.5, 0.6) is 23.0 Å². The van der Waals surface area contributed by atoms with E-state index in [-0.39, 0.29) is 12.5 Å². The van der Waals surface area contributed by atoms with Gasteiger partial charge >= 0.3 is 0 Å². The van der Waals surface area contributed by atoms with Gasteiger partial charge in [0, 0.05) is 6.07 Å². The molecule has 6 nitrogen and oxygen atoms in total. The zero-order chi connectivity index (χ0) is 20.1. The first-order valence-corrected chi connectivity index (χ1v) is 9.71. The summed E-state index contributed by atoms with van der Waals surface area (Å²) < 4.78 is 17.3. The number of thiazole rings is 1. The van der Waals surface area contributed by atoms with Gasteiger partial charge in [-0.25, -0.2) is 4.98 Å². The maximum atomic E-state index is 12.2. The van der Waals surface area contributed by atoms with Gasteiger partial charge in [-0.1, -0.05) is 29.5 Å². The number of rotatable bonds is 7. The molecule has 0 unspecified atom stereocenters. The Morgan fingerprint density at radius 2 is 1.66 bits per heavy atom. The van der Waals surface area contributed by atoms with Crippen molar-refractivity contribution in [3.63, 3.8) is 0 Å². The summed E-state index contributed by atoms with van der Waals surface area (Å²) >= 11 is 1.38. The highest BCUT2D eigenvalue weighted by Crippen LogP contribution is 2.31. The average molecular weight is 406 g/mol. The summed E-state index contributed by atoms with van der Waals surface area (Å²) in [5.74, 6) is 2.52. The summed E-state index contributed by atoms with van der Waals surface area (Å²) in [6.07, 6.45) is 0. The molecule has 0 saturated carbocycles. The van der Waals surface area contributed by atoms with Crippen LogP contribution in [0.2, 0.25) is 0 Å². The van der Waals surface area contributed by atoms with Gasteiger partial charge in [0.1, 0.15) is 23.0 Å². The maximum absolute atomic E-state index is 12.2. The zero-order valence-electron chi connectivity index (χ0n) is 15.6. The molecular weight excluding hydrogens is 388 g/mol. The third-order valence-corrected chi connectivity index (χ3v) is 4.95. The van der Waals surface area contributed by atoms with Gasteiger partial charge in [0.05, 0.1) is 17.3 Å². The van der Waals surface area contributed by atoms with Crippen LogP contribution in [0.4, 0.5) is 5.13 Å². The molecule has 3 aromatic carbocycles. The second-order valence-corrected chi connectivity index (χ2v) is 7.11. The lowest BCUT2D eigenvalue weighted by molar-refractivity contribution is -0.118. The van der Waals surface area contributed by atoms with Crippen molar-refractivity contribution in [1.82, 2.24) is 4.98 Å². The minimum absolute atomic E-state index is 0.107. The van der Waals surface area contributed by atoms with Crippen molar-refractivity contribution in [3.8, 4) is 23.0 Å². The number of hydrogen-bond acceptors (Lipinski definition) is 6. The molecule has 1 N–H and O–H groups in total. The van der Waals surface area contributed by atoms with Crippen LogP contribution in [-0.2, 0) is 4.79 Å². The number of ether oxygens (including phenoxy) is 3. The van der Waals surface area contributed by atoms with E-state index in [0.29, 0.717) is 16.6 Å². The fraction of sp³-hybridized carbons (Fsp3) is 0.0909. The van der Waals surface area contributed by atoms with E-state index in [1.54, 1.807) is 31.4 Å². The van der Waals surface area contributed by atoms with Crippen LogP contribution in [0.15, 0.2) is 72.8 Å². The van der Waals surface area contributed by atoms with Crippen molar-refractivity contribution in [1.29, 1.82) is 0 Å².